The summed E-state index contributed by atoms with van der Waals surface area (Å²) >= 11 is 7.06. The molecule has 8 nitrogen and oxygen atoms in total. The average Bonchev–Trinajstić information content (AvgIpc) is 3.02. The Hall–Kier alpha value is -4.49. The van der Waals surface area contributed by atoms with E-state index in [4.69, 9.17) is 14.6 Å². The van der Waals surface area contributed by atoms with Crippen molar-refractivity contribution in [3.8, 4) is 22.9 Å². The van der Waals surface area contributed by atoms with Gasteiger partial charge in [0.2, 0.25) is 0 Å². The van der Waals surface area contributed by atoms with Gasteiger partial charge in [-0.05, 0) is 86.8 Å². The largest absolute Gasteiger partial charge is 0.490 e. The van der Waals surface area contributed by atoms with Crippen molar-refractivity contribution in [3.05, 3.63) is 120 Å². The number of rotatable bonds is 9. The van der Waals surface area contributed by atoms with Crippen molar-refractivity contribution in [1.82, 2.24) is 9.66 Å². The number of carboxylic acid groups (broad SMARTS) is 1. The average molecular weight is 745 g/mol. The molecular weight excluding hydrogens is 723 g/mol. The first-order valence-corrected chi connectivity index (χ1v) is 14.9. The zero-order valence-corrected chi connectivity index (χ0v) is 26.5. The molecule has 0 fully saturated rings. The van der Waals surface area contributed by atoms with Gasteiger partial charge in [-0.1, -0.05) is 36.4 Å². The molecule has 0 radical (unpaired) electrons. The summed E-state index contributed by atoms with van der Waals surface area (Å²) in [4.78, 5) is 29.2. The summed E-state index contributed by atoms with van der Waals surface area (Å²) in [5.74, 6) is -0.403. The molecule has 0 bridgehead atoms. The summed E-state index contributed by atoms with van der Waals surface area (Å²) in [6.45, 7) is 2.19. The first-order valence-electron chi connectivity index (χ1n) is 13.3. The van der Waals surface area contributed by atoms with Crippen molar-refractivity contribution in [1.29, 1.82) is 0 Å². The SMILES string of the molecule is CCOc1cc(C=Nn2c(-c3cccc(C(F)(F)F)c3)nc3ccccc3c2=O)c(Br)c(Br)c1OCc1ccc(C(=O)O)cc1. The molecule has 13 heteroatoms. The fourth-order valence-corrected chi connectivity index (χ4v) is 5.30. The molecule has 0 aliphatic carbocycles. The third kappa shape index (κ3) is 6.94. The molecule has 1 heterocycles. The summed E-state index contributed by atoms with van der Waals surface area (Å²) in [5, 5.41) is 13.8. The molecule has 0 saturated heterocycles. The number of aromatic carboxylic acids is 1. The van der Waals surface area contributed by atoms with Crippen LogP contribution in [-0.4, -0.2) is 33.6 Å². The Kier molecular flexibility index (Phi) is 9.40. The van der Waals surface area contributed by atoms with Gasteiger partial charge in [-0.25, -0.2) is 9.78 Å². The minimum atomic E-state index is -4.60. The maximum absolute atomic E-state index is 13.6. The minimum Gasteiger partial charge on any atom is -0.490 e. The summed E-state index contributed by atoms with van der Waals surface area (Å²) in [5.41, 5.74) is 0.235. The molecule has 0 atom stereocenters. The van der Waals surface area contributed by atoms with Crippen LogP contribution in [0.2, 0.25) is 0 Å². The summed E-state index contributed by atoms with van der Waals surface area (Å²) in [7, 11) is 0. The van der Waals surface area contributed by atoms with Gasteiger partial charge < -0.3 is 14.6 Å². The second kappa shape index (κ2) is 13.2. The number of hydrogen-bond donors (Lipinski definition) is 1. The molecular formula is C32H22Br2F3N3O5. The van der Waals surface area contributed by atoms with Gasteiger partial charge in [0.1, 0.15) is 6.61 Å². The van der Waals surface area contributed by atoms with Crippen LogP contribution >= 0.6 is 31.9 Å². The Labute approximate surface area is 271 Å². The fraction of sp³-hybridized carbons (Fsp3) is 0.125. The van der Waals surface area contributed by atoms with Crippen molar-refractivity contribution >= 4 is 54.9 Å². The number of aromatic nitrogens is 2. The quantitative estimate of drug-likeness (QED) is 0.153. The van der Waals surface area contributed by atoms with Gasteiger partial charge in [-0.15, -0.1) is 0 Å². The van der Waals surface area contributed by atoms with E-state index < -0.39 is 23.3 Å². The number of carboxylic acids is 1. The topological polar surface area (TPSA) is 103 Å². The number of alkyl halides is 3. The van der Waals surface area contributed by atoms with Gasteiger partial charge in [0, 0.05) is 15.6 Å². The van der Waals surface area contributed by atoms with Gasteiger partial charge >= 0.3 is 12.1 Å². The van der Waals surface area contributed by atoms with Crippen LogP contribution in [0.25, 0.3) is 22.3 Å². The summed E-state index contributed by atoms with van der Waals surface area (Å²) in [6, 6.07) is 18.9. The van der Waals surface area contributed by atoms with Crippen molar-refractivity contribution in [3.63, 3.8) is 0 Å². The standard InChI is InChI=1S/C32H22Br2F3N3O5/c1-2-44-25-15-21(26(33)27(34)28(25)45-17-18-10-12-19(13-11-18)31(42)43)16-38-40-29(20-6-5-7-22(14-20)32(35,36)37)39-24-9-4-3-8-23(24)30(40)41/h3-16H,2,17H2,1H3,(H,42,43). The van der Waals surface area contributed by atoms with E-state index in [1.54, 1.807) is 49.4 Å². The van der Waals surface area contributed by atoms with Crippen LogP contribution in [0.3, 0.4) is 0 Å². The molecule has 45 heavy (non-hydrogen) atoms. The summed E-state index contributed by atoms with van der Waals surface area (Å²) in [6.07, 6.45) is -3.24. The lowest BCUT2D eigenvalue weighted by Crippen LogP contribution is -2.20. The Balaban J connectivity index is 1.56. The zero-order valence-electron chi connectivity index (χ0n) is 23.3. The zero-order chi connectivity index (χ0) is 32.3. The van der Waals surface area contributed by atoms with Crippen LogP contribution < -0.4 is 15.0 Å². The van der Waals surface area contributed by atoms with E-state index in [9.17, 15) is 22.8 Å². The molecule has 0 unspecified atom stereocenters. The lowest BCUT2D eigenvalue weighted by molar-refractivity contribution is -0.137. The Morgan fingerprint density at radius 3 is 2.42 bits per heavy atom. The molecule has 0 aliphatic rings. The van der Waals surface area contributed by atoms with Gasteiger partial charge in [0.25, 0.3) is 5.56 Å². The number of nitrogens with zero attached hydrogens (tertiary/aromatic N) is 3. The van der Waals surface area contributed by atoms with E-state index in [2.05, 4.69) is 41.9 Å². The Morgan fingerprint density at radius 2 is 1.73 bits per heavy atom. The molecule has 0 aliphatic heterocycles. The number of halogens is 5. The van der Waals surface area contributed by atoms with E-state index >= 15 is 0 Å². The highest BCUT2D eigenvalue weighted by atomic mass is 79.9. The third-order valence-corrected chi connectivity index (χ3v) is 8.70. The number of para-hydroxylation sites is 1. The van der Waals surface area contributed by atoms with Gasteiger partial charge in [-0.3, -0.25) is 4.79 Å². The highest BCUT2D eigenvalue weighted by Gasteiger charge is 2.31. The number of fused-ring (bicyclic) bond motifs is 1. The summed E-state index contributed by atoms with van der Waals surface area (Å²) < 4.78 is 54.4. The van der Waals surface area contributed by atoms with Crippen LogP contribution in [0.1, 0.15) is 34.0 Å². The molecule has 0 spiro atoms. The number of carbonyl (C=O) groups is 1. The molecule has 1 N–H and O–H groups in total. The van der Waals surface area contributed by atoms with Crippen LogP contribution in [0.15, 0.2) is 97.7 Å². The number of hydrogen-bond acceptors (Lipinski definition) is 6. The molecule has 4 aromatic carbocycles. The molecule has 0 amide bonds. The van der Waals surface area contributed by atoms with Gasteiger partial charge in [0.15, 0.2) is 17.3 Å². The van der Waals surface area contributed by atoms with Crippen molar-refractivity contribution in [2.24, 2.45) is 5.10 Å². The highest BCUT2D eigenvalue weighted by molar-refractivity contribution is 9.13. The van der Waals surface area contributed by atoms with Crippen LogP contribution in [0.4, 0.5) is 13.2 Å². The predicted molar refractivity (Wildman–Crippen MR) is 170 cm³/mol. The smallest absolute Gasteiger partial charge is 0.416 e. The highest BCUT2D eigenvalue weighted by Crippen LogP contribution is 2.43. The van der Waals surface area contributed by atoms with Crippen LogP contribution in [0, 0.1) is 0 Å². The van der Waals surface area contributed by atoms with Crippen molar-refractivity contribution in [2.75, 3.05) is 6.61 Å². The van der Waals surface area contributed by atoms with E-state index in [0.29, 0.717) is 38.1 Å². The maximum atomic E-state index is 13.6. The van der Waals surface area contributed by atoms with Crippen molar-refractivity contribution in [2.45, 2.75) is 19.7 Å². The first kappa shape index (κ1) is 31.9. The maximum Gasteiger partial charge on any atom is 0.416 e. The fourth-order valence-electron chi connectivity index (χ4n) is 4.37. The Bertz CT molecular complexity index is 1990. The van der Waals surface area contributed by atoms with E-state index in [1.165, 1.54) is 30.5 Å². The van der Waals surface area contributed by atoms with E-state index in [0.717, 1.165) is 22.4 Å². The number of ether oxygens (including phenoxy) is 2. The van der Waals surface area contributed by atoms with Gasteiger partial charge in [0.05, 0.1) is 39.3 Å². The first-order chi connectivity index (χ1) is 21.5. The van der Waals surface area contributed by atoms with Crippen molar-refractivity contribution < 1.29 is 32.5 Å². The lowest BCUT2D eigenvalue weighted by Gasteiger charge is -2.16. The molecule has 0 saturated carbocycles. The molecule has 5 aromatic rings. The third-order valence-electron chi connectivity index (χ3n) is 6.55. The van der Waals surface area contributed by atoms with E-state index in [-0.39, 0.29) is 28.9 Å². The monoisotopic (exact) mass is 743 g/mol. The van der Waals surface area contributed by atoms with E-state index in [1.807, 2.05) is 0 Å². The minimum absolute atomic E-state index is 0.0558. The van der Waals surface area contributed by atoms with Gasteiger partial charge in [-0.2, -0.15) is 22.9 Å². The Morgan fingerprint density at radius 1 is 1.00 bits per heavy atom. The molecule has 1 aromatic heterocycles. The van der Waals surface area contributed by atoms with Crippen LogP contribution in [0.5, 0.6) is 11.5 Å². The van der Waals surface area contributed by atoms with Crippen LogP contribution in [-0.2, 0) is 12.8 Å². The predicted octanol–water partition coefficient (Wildman–Crippen LogP) is 8.17. The second-order valence-corrected chi connectivity index (χ2v) is 11.1. The molecule has 5 rings (SSSR count). The molecule has 230 valence electrons. The normalized spacial score (nSPS) is 11.7. The second-order valence-electron chi connectivity index (χ2n) is 9.54. The lowest BCUT2D eigenvalue weighted by atomic mass is 10.1. The number of benzene rings is 4.